The van der Waals surface area contributed by atoms with E-state index in [0.29, 0.717) is 30.3 Å². The van der Waals surface area contributed by atoms with Gasteiger partial charge in [-0.25, -0.2) is 4.39 Å². The summed E-state index contributed by atoms with van der Waals surface area (Å²) in [5.41, 5.74) is 7.44. The Kier molecular flexibility index (Phi) is 7.84. The Bertz CT molecular complexity index is 1600. The van der Waals surface area contributed by atoms with Crippen LogP contribution in [0, 0.1) is 23.6 Å². The Balaban J connectivity index is 0.984. The maximum absolute atomic E-state index is 13.7. The number of hydrogen-bond acceptors (Lipinski definition) is 4. The maximum atomic E-state index is 13.7. The number of aryl methyl sites for hydroxylation is 1. The van der Waals surface area contributed by atoms with Crippen LogP contribution >= 0.6 is 0 Å². The quantitative estimate of drug-likeness (QED) is 0.201. The average Bonchev–Trinajstić information content (AvgIpc) is 3.78. The molecule has 0 bridgehead atoms. The van der Waals surface area contributed by atoms with E-state index in [9.17, 15) is 4.39 Å². The van der Waals surface area contributed by atoms with Gasteiger partial charge in [0.25, 0.3) is 0 Å². The van der Waals surface area contributed by atoms with E-state index >= 15 is 0 Å². The summed E-state index contributed by atoms with van der Waals surface area (Å²) in [7, 11) is 0. The van der Waals surface area contributed by atoms with Crippen molar-refractivity contribution in [1.82, 2.24) is 0 Å². The number of halogens is 1. The summed E-state index contributed by atoms with van der Waals surface area (Å²) in [4.78, 5) is 0. The van der Waals surface area contributed by atoms with Crippen LogP contribution in [0.4, 0.5) is 4.39 Å². The van der Waals surface area contributed by atoms with Crippen molar-refractivity contribution in [2.24, 2.45) is 17.8 Å². The smallest absolute Gasteiger partial charge is 0.169 e. The van der Waals surface area contributed by atoms with Gasteiger partial charge in [0.2, 0.25) is 0 Å². The molecule has 2 saturated carbocycles. The third kappa shape index (κ3) is 6.13. The Hall–Kier alpha value is -3.67. The van der Waals surface area contributed by atoms with Crippen molar-refractivity contribution in [3.63, 3.8) is 0 Å². The molecule has 4 aliphatic rings. The highest BCUT2D eigenvalue weighted by Crippen LogP contribution is 2.53. The second kappa shape index (κ2) is 12.3. The van der Waals surface area contributed by atoms with Gasteiger partial charge >= 0.3 is 0 Å². The molecule has 1 saturated heterocycles. The van der Waals surface area contributed by atoms with Crippen molar-refractivity contribution in [2.45, 2.75) is 63.3 Å². The van der Waals surface area contributed by atoms with Crippen molar-refractivity contribution in [3.05, 3.63) is 119 Å². The third-order valence-electron chi connectivity index (χ3n) is 10.7. The van der Waals surface area contributed by atoms with E-state index in [2.05, 4.69) is 48.5 Å². The molecular formula is C40H41FO4. The summed E-state index contributed by atoms with van der Waals surface area (Å²) >= 11 is 0. The molecule has 0 amide bonds. The minimum atomic E-state index is -0.279. The van der Waals surface area contributed by atoms with Crippen LogP contribution in [0.15, 0.2) is 91.0 Å². The molecule has 4 aromatic rings. The highest BCUT2D eigenvalue weighted by molar-refractivity contribution is 5.72. The standard InChI is InChI=1S/C40H41FO4/c41-35-12-8-29(9-13-35)31-6-7-32-20-37(43-25-27-4-2-1-3-5-27)22-39(38(32)21-31)30-10-14-36(15-11-30)42-26-28-18-33-23-40(24-34(33)19-28)44-16-17-45-40/h1-5,8-15,20,22,28,31,33-34H,6-7,16-19,21,23-26H2/t28?,31-,33?,34?/m0/s1. The number of hydrogen-bond donors (Lipinski definition) is 0. The van der Waals surface area contributed by atoms with Gasteiger partial charge in [-0.2, -0.15) is 0 Å². The van der Waals surface area contributed by atoms with Gasteiger partial charge in [0.15, 0.2) is 5.79 Å². The molecule has 0 N–H and O–H groups in total. The number of fused-ring (bicyclic) bond motifs is 2. The zero-order chi connectivity index (χ0) is 30.2. The predicted molar refractivity (Wildman–Crippen MR) is 173 cm³/mol. The Morgan fingerprint density at radius 3 is 2.24 bits per heavy atom. The van der Waals surface area contributed by atoms with Gasteiger partial charge in [0.05, 0.1) is 19.8 Å². The average molecular weight is 605 g/mol. The molecule has 4 nitrogen and oxygen atoms in total. The van der Waals surface area contributed by atoms with Crippen LogP contribution in [0.3, 0.4) is 0 Å². The van der Waals surface area contributed by atoms with Gasteiger partial charge in [0, 0.05) is 12.8 Å². The van der Waals surface area contributed by atoms with Gasteiger partial charge in [-0.05, 0) is 126 Å². The first-order valence-electron chi connectivity index (χ1n) is 16.7. The van der Waals surface area contributed by atoms with Crippen molar-refractivity contribution >= 4 is 0 Å². The van der Waals surface area contributed by atoms with E-state index in [4.69, 9.17) is 18.9 Å². The second-order valence-corrected chi connectivity index (χ2v) is 13.6. The van der Waals surface area contributed by atoms with Crippen molar-refractivity contribution < 1.29 is 23.3 Å². The molecule has 3 aliphatic carbocycles. The summed E-state index contributed by atoms with van der Waals surface area (Å²) in [6, 6.07) is 30.4. The van der Waals surface area contributed by atoms with E-state index in [1.54, 1.807) is 12.1 Å². The molecule has 45 heavy (non-hydrogen) atoms. The molecule has 232 valence electrons. The lowest BCUT2D eigenvalue weighted by molar-refractivity contribution is -0.156. The second-order valence-electron chi connectivity index (χ2n) is 13.6. The van der Waals surface area contributed by atoms with Crippen LogP contribution in [0.2, 0.25) is 0 Å². The fraction of sp³-hybridized carbons (Fsp3) is 0.400. The first-order chi connectivity index (χ1) is 22.1. The Labute approximate surface area is 265 Å². The minimum Gasteiger partial charge on any atom is -0.493 e. The van der Waals surface area contributed by atoms with Gasteiger partial charge in [-0.3, -0.25) is 0 Å². The molecule has 1 aliphatic heterocycles. The Morgan fingerprint density at radius 2 is 1.51 bits per heavy atom. The van der Waals surface area contributed by atoms with Crippen molar-refractivity contribution in [1.29, 1.82) is 0 Å². The summed E-state index contributed by atoms with van der Waals surface area (Å²) in [5.74, 6) is 3.70. The molecular weight excluding hydrogens is 563 g/mol. The van der Waals surface area contributed by atoms with Crippen LogP contribution in [0.5, 0.6) is 11.5 Å². The van der Waals surface area contributed by atoms with Crippen LogP contribution < -0.4 is 9.47 Å². The van der Waals surface area contributed by atoms with Crippen LogP contribution in [-0.2, 0) is 28.9 Å². The summed E-state index contributed by atoms with van der Waals surface area (Å²) in [6.45, 7) is 2.78. The first-order valence-corrected chi connectivity index (χ1v) is 16.7. The van der Waals surface area contributed by atoms with Gasteiger partial charge in [-0.15, -0.1) is 0 Å². The zero-order valence-electron chi connectivity index (χ0n) is 25.8. The summed E-state index contributed by atoms with van der Waals surface area (Å²) < 4.78 is 38.3. The van der Waals surface area contributed by atoms with Gasteiger partial charge < -0.3 is 18.9 Å². The number of benzene rings is 4. The highest BCUT2D eigenvalue weighted by Gasteiger charge is 2.52. The molecule has 0 radical (unpaired) electrons. The SMILES string of the molecule is Fc1ccc([C@H]2CCc3cc(OCc4ccccc4)cc(-c4ccc(OCC5CC6CC7(CC6C5)OCCO7)cc4)c3C2)cc1. The molecule has 8 rings (SSSR count). The zero-order valence-corrected chi connectivity index (χ0v) is 25.8. The number of ether oxygens (including phenoxy) is 4. The lowest BCUT2D eigenvalue weighted by Crippen LogP contribution is -2.27. The molecule has 3 fully saturated rings. The van der Waals surface area contributed by atoms with E-state index in [1.807, 2.05) is 30.3 Å². The topological polar surface area (TPSA) is 36.9 Å². The van der Waals surface area contributed by atoms with Gasteiger partial charge in [0.1, 0.15) is 23.9 Å². The molecule has 4 aromatic carbocycles. The molecule has 5 heteroatoms. The monoisotopic (exact) mass is 604 g/mol. The van der Waals surface area contributed by atoms with Gasteiger partial charge in [-0.1, -0.05) is 54.6 Å². The highest BCUT2D eigenvalue weighted by atomic mass is 19.1. The number of rotatable bonds is 8. The van der Waals surface area contributed by atoms with E-state index < -0.39 is 0 Å². The summed E-state index contributed by atoms with van der Waals surface area (Å²) in [5, 5.41) is 0. The normalized spacial score (nSPS) is 24.8. The first kappa shape index (κ1) is 28.8. The molecule has 1 spiro atoms. The third-order valence-corrected chi connectivity index (χ3v) is 10.7. The molecule has 2 unspecified atom stereocenters. The fourth-order valence-electron chi connectivity index (χ4n) is 8.48. The van der Waals surface area contributed by atoms with E-state index in [0.717, 1.165) is 69.0 Å². The molecule has 3 atom stereocenters. The Morgan fingerprint density at radius 1 is 0.778 bits per heavy atom. The van der Waals surface area contributed by atoms with Crippen LogP contribution in [0.25, 0.3) is 11.1 Å². The van der Waals surface area contributed by atoms with E-state index in [-0.39, 0.29) is 11.6 Å². The van der Waals surface area contributed by atoms with Crippen LogP contribution in [0.1, 0.15) is 60.3 Å². The lowest BCUT2D eigenvalue weighted by Gasteiger charge is -2.28. The van der Waals surface area contributed by atoms with E-state index in [1.165, 1.54) is 40.7 Å². The maximum Gasteiger partial charge on any atom is 0.169 e. The van der Waals surface area contributed by atoms with Crippen LogP contribution in [-0.4, -0.2) is 25.6 Å². The minimum absolute atomic E-state index is 0.185. The summed E-state index contributed by atoms with van der Waals surface area (Å²) in [6.07, 6.45) is 7.43. The lowest BCUT2D eigenvalue weighted by atomic mass is 9.77. The van der Waals surface area contributed by atoms with Crippen molar-refractivity contribution in [2.75, 3.05) is 19.8 Å². The molecule has 0 aromatic heterocycles. The fourth-order valence-corrected chi connectivity index (χ4v) is 8.48. The predicted octanol–water partition coefficient (Wildman–Crippen LogP) is 8.90. The molecule has 1 heterocycles. The van der Waals surface area contributed by atoms with Crippen molar-refractivity contribution in [3.8, 4) is 22.6 Å². The largest absolute Gasteiger partial charge is 0.493 e.